The van der Waals surface area contributed by atoms with E-state index in [2.05, 4.69) is 57.0 Å². The molecular weight excluding hydrogens is 491 g/mol. The van der Waals surface area contributed by atoms with Crippen molar-refractivity contribution in [3.8, 4) is 11.4 Å². The number of aromatic nitrogens is 3. The Bertz CT molecular complexity index is 1070. The van der Waals surface area contributed by atoms with Crippen LogP contribution in [0, 0.1) is 0 Å². The first-order chi connectivity index (χ1) is 14.2. The molecule has 0 aliphatic heterocycles. The molecule has 0 aliphatic rings. The molecule has 0 spiro atoms. The zero-order valence-electron chi connectivity index (χ0n) is 16.9. The first-order valence-electron chi connectivity index (χ1n) is 9.71. The molecule has 8 heteroatoms. The molecule has 0 fully saturated rings. The highest BCUT2D eigenvalue weighted by Crippen LogP contribution is 2.23. The molecular formula is C22H25IN6O. The fourth-order valence-electron chi connectivity index (χ4n) is 3.14. The Morgan fingerprint density at radius 2 is 2.03 bits per heavy atom. The number of H-pyrrole nitrogens is 1. The van der Waals surface area contributed by atoms with Crippen LogP contribution >= 0.6 is 24.0 Å². The van der Waals surface area contributed by atoms with Gasteiger partial charge in [-0.05, 0) is 37.6 Å². The van der Waals surface area contributed by atoms with E-state index in [0.29, 0.717) is 6.54 Å². The van der Waals surface area contributed by atoms with Crippen LogP contribution < -0.4 is 10.6 Å². The van der Waals surface area contributed by atoms with Gasteiger partial charge in [0.15, 0.2) is 11.8 Å². The number of aliphatic imine (C=N–C) groups is 1. The fraction of sp³-hybridized carbons (Fsp3) is 0.227. The zero-order chi connectivity index (χ0) is 20.1. The summed E-state index contributed by atoms with van der Waals surface area (Å²) in [6.07, 6.45) is 1.51. The van der Waals surface area contributed by atoms with Crippen molar-refractivity contribution in [2.24, 2.45) is 4.99 Å². The smallest absolute Gasteiger partial charge is 0.192 e. The van der Waals surface area contributed by atoms with Crippen LogP contribution in [-0.2, 0) is 6.54 Å². The third kappa shape index (κ3) is 5.18. The Hall–Kier alpha value is -2.88. The number of hydrogen-bond donors (Lipinski definition) is 3. The fourth-order valence-corrected chi connectivity index (χ4v) is 3.14. The molecule has 156 valence electrons. The van der Waals surface area contributed by atoms with Crippen molar-refractivity contribution >= 4 is 40.9 Å². The number of hydrogen-bond acceptors (Lipinski definition) is 4. The van der Waals surface area contributed by atoms with E-state index in [-0.39, 0.29) is 30.0 Å². The highest BCUT2D eigenvalue weighted by Gasteiger charge is 2.13. The lowest BCUT2D eigenvalue weighted by molar-refractivity contribution is 0.488. The van der Waals surface area contributed by atoms with Gasteiger partial charge in [-0.3, -0.25) is 5.10 Å². The Kier molecular flexibility index (Phi) is 7.45. The maximum atomic E-state index is 5.97. The van der Waals surface area contributed by atoms with Gasteiger partial charge in [0.05, 0.1) is 12.6 Å². The summed E-state index contributed by atoms with van der Waals surface area (Å²) in [5, 5.41) is 14.6. The van der Waals surface area contributed by atoms with E-state index in [1.165, 1.54) is 6.33 Å². The number of nitrogens with zero attached hydrogens (tertiary/aromatic N) is 3. The minimum Gasteiger partial charge on any atom is -0.459 e. The third-order valence-electron chi connectivity index (χ3n) is 4.60. The molecule has 0 radical (unpaired) electrons. The summed E-state index contributed by atoms with van der Waals surface area (Å²) in [4.78, 5) is 8.94. The van der Waals surface area contributed by atoms with Crippen molar-refractivity contribution in [1.29, 1.82) is 0 Å². The van der Waals surface area contributed by atoms with Crippen LogP contribution in [-0.4, -0.2) is 27.7 Å². The van der Waals surface area contributed by atoms with Gasteiger partial charge in [-0.25, -0.2) is 9.98 Å². The van der Waals surface area contributed by atoms with E-state index in [1.807, 2.05) is 37.3 Å². The first-order valence-corrected chi connectivity index (χ1v) is 9.71. The Morgan fingerprint density at radius 3 is 2.80 bits per heavy atom. The summed E-state index contributed by atoms with van der Waals surface area (Å²) in [5.74, 6) is 2.37. The molecule has 0 aliphatic carbocycles. The van der Waals surface area contributed by atoms with Gasteiger partial charge in [0.1, 0.15) is 17.7 Å². The molecule has 2 heterocycles. The highest BCUT2D eigenvalue weighted by atomic mass is 127. The van der Waals surface area contributed by atoms with Crippen LogP contribution in [0.5, 0.6) is 0 Å². The van der Waals surface area contributed by atoms with Gasteiger partial charge in [-0.1, -0.05) is 36.4 Å². The largest absolute Gasteiger partial charge is 0.459 e. The average molecular weight is 516 g/mol. The number of halogens is 1. The number of benzene rings is 2. The molecule has 1 atom stereocenters. The van der Waals surface area contributed by atoms with Gasteiger partial charge in [0.25, 0.3) is 0 Å². The molecule has 1 unspecified atom stereocenters. The molecule has 2 aromatic carbocycles. The van der Waals surface area contributed by atoms with Crippen molar-refractivity contribution in [2.75, 3.05) is 6.54 Å². The second-order valence-electron chi connectivity index (χ2n) is 6.78. The van der Waals surface area contributed by atoms with Crippen LogP contribution in [0.25, 0.3) is 22.4 Å². The summed E-state index contributed by atoms with van der Waals surface area (Å²) in [6.45, 7) is 5.43. The molecule has 3 N–H and O–H groups in total. The SMILES string of the molecule is CCNC(=NCc1cccc(-c2ncn[nH]2)c1)NC(C)c1cc2ccccc2o1.I. The molecule has 0 bridgehead atoms. The van der Waals surface area contributed by atoms with Crippen molar-refractivity contribution in [3.05, 3.63) is 72.2 Å². The molecule has 4 aromatic rings. The minimum absolute atomic E-state index is 0. The summed E-state index contributed by atoms with van der Waals surface area (Å²) in [7, 11) is 0. The second-order valence-corrected chi connectivity index (χ2v) is 6.78. The minimum atomic E-state index is -0.0132. The van der Waals surface area contributed by atoms with Gasteiger partial charge < -0.3 is 15.1 Å². The summed E-state index contributed by atoms with van der Waals surface area (Å²) >= 11 is 0. The van der Waals surface area contributed by atoms with Crippen molar-refractivity contribution in [1.82, 2.24) is 25.8 Å². The summed E-state index contributed by atoms with van der Waals surface area (Å²) in [6, 6.07) is 18.2. The topological polar surface area (TPSA) is 91.1 Å². The lowest BCUT2D eigenvalue weighted by Crippen LogP contribution is -2.38. The van der Waals surface area contributed by atoms with Crippen LogP contribution in [0.3, 0.4) is 0 Å². The third-order valence-corrected chi connectivity index (χ3v) is 4.60. The number of fused-ring (bicyclic) bond motifs is 1. The van der Waals surface area contributed by atoms with Crippen LogP contribution in [0.15, 0.2) is 70.3 Å². The van der Waals surface area contributed by atoms with E-state index in [9.17, 15) is 0 Å². The number of para-hydroxylation sites is 1. The molecule has 0 amide bonds. The maximum absolute atomic E-state index is 5.97. The molecule has 2 aromatic heterocycles. The van der Waals surface area contributed by atoms with Gasteiger partial charge in [-0.15, -0.1) is 24.0 Å². The maximum Gasteiger partial charge on any atom is 0.192 e. The van der Waals surface area contributed by atoms with E-state index in [4.69, 9.17) is 9.41 Å². The van der Waals surface area contributed by atoms with Crippen LogP contribution in [0.2, 0.25) is 0 Å². The van der Waals surface area contributed by atoms with E-state index in [1.54, 1.807) is 0 Å². The Morgan fingerprint density at radius 1 is 1.17 bits per heavy atom. The van der Waals surface area contributed by atoms with E-state index in [0.717, 1.165) is 46.2 Å². The predicted octanol–water partition coefficient (Wildman–Crippen LogP) is 4.65. The van der Waals surface area contributed by atoms with Crippen molar-refractivity contribution in [3.63, 3.8) is 0 Å². The quantitative estimate of drug-likeness (QED) is 0.197. The normalized spacial score (nSPS) is 12.4. The van der Waals surface area contributed by atoms with Crippen molar-refractivity contribution < 1.29 is 4.42 Å². The summed E-state index contributed by atoms with van der Waals surface area (Å²) in [5.41, 5.74) is 2.97. The second kappa shape index (κ2) is 10.2. The van der Waals surface area contributed by atoms with Gasteiger partial charge in [0, 0.05) is 17.5 Å². The molecule has 7 nitrogen and oxygen atoms in total. The van der Waals surface area contributed by atoms with E-state index >= 15 is 0 Å². The Balaban J connectivity index is 0.00000256. The number of furan rings is 1. The van der Waals surface area contributed by atoms with Crippen LogP contribution in [0.1, 0.15) is 31.2 Å². The molecule has 0 saturated carbocycles. The molecule has 30 heavy (non-hydrogen) atoms. The monoisotopic (exact) mass is 516 g/mol. The number of nitrogens with one attached hydrogen (secondary N) is 3. The van der Waals surface area contributed by atoms with Crippen molar-refractivity contribution in [2.45, 2.75) is 26.4 Å². The first kappa shape index (κ1) is 21.8. The van der Waals surface area contributed by atoms with Crippen LogP contribution in [0.4, 0.5) is 0 Å². The molecule has 0 saturated heterocycles. The number of rotatable bonds is 6. The summed E-state index contributed by atoms with van der Waals surface area (Å²) < 4.78 is 5.97. The highest BCUT2D eigenvalue weighted by molar-refractivity contribution is 14.0. The van der Waals surface area contributed by atoms with Gasteiger partial charge in [0.2, 0.25) is 0 Å². The zero-order valence-corrected chi connectivity index (χ0v) is 19.3. The number of aromatic amines is 1. The van der Waals surface area contributed by atoms with E-state index < -0.39 is 0 Å². The standard InChI is InChI=1S/C22H24N6O.HI/c1-3-23-22(27-15(2)20-12-17-8-4-5-10-19(17)29-20)24-13-16-7-6-9-18(11-16)21-25-14-26-28-21;/h4-12,14-15H,3,13H2,1-2H3,(H2,23,24,27)(H,25,26,28);1H. The Labute approximate surface area is 192 Å². The predicted molar refractivity (Wildman–Crippen MR) is 130 cm³/mol. The van der Waals surface area contributed by atoms with Gasteiger partial charge >= 0.3 is 0 Å². The van der Waals surface area contributed by atoms with Gasteiger partial charge in [-0.2, -0.15) is 5.10 Å². The molecule has 4 rings (SSSR count). The lowest BCUT2D eigenvalue weighted by Gasteiger charge is -2.16. The average Bonchev–Trinajstić information content (AvgIpc) is 3.42. The number of guanidine groups is 1. The lowest BCUT2D eigenvalue weighted by atomic mass is 10.1.